The third kappa shape index (κ3) is 3.15. The first-order chi connectivity index (χ1) is 10.2. The third-order valence-corrected chi connectivity index (χ3v) is 5.49. The summed E-state index contributed by atoms with van der Waals surface area (Å²) in [7, 11) is 0. The number of piperidine rings is 1. The van der Waals surface area contributed by atoms with Crippen LogP contribution < -0.4 is 5.32 Å². The van der Waals surface area contributed by atoms with Crippen LogP contribution in [0, 0.1) is 0 Å². The first kappa shape index (κ1) is 15.0. The number of carbonyl (C=O) groups excluding carboxylic acids is 1. The normalized spacial score (nSPS) is 29.0. The summed E-state index contributed by atoms with van der Waals surface area (Å²) in [6.45, 7) is 7.50. The Kier molecular flexibility index (Phi) is 4.62. The van der Waals surface area contributed by atoms with E-state index in [2.05, 4.69) is 39.6 Å². The van der Waals surface area contributed by atoms with E-state index >= 15 is 0 Å². The van der Waals surface area contributed by atoms with Crippen molar-refractivity contribution < 1.29 is 4.79 Å². The van der Waals surface area contributed by atoms with Crippen molar-refractivity contribution in [3.05, 3.63) is 22.4 Å². The van der Waals surface area contributed by atoms with Crippen molar-refractivity contribution in [3.63, 3.8) is 0 Å². The average molecular weight is 307 g/mol. The Bertz CT molecular complexity index is 470. The number of rotatable bonds is 4. The standard InChI is InChI=1S/C16H25N3OS/c1-12(11-18-8-4-3-5-9-18)19-15(14-7-6-10-21-14)17-13(2)16(19)20/h6-7,10,12-13,15,17H,3-5,8-9,11H2,1-2H3. The Labute approximate surface area is 131 Å². The Morgan fingerprint density at radius 1 is 1.38 bits per heavy atom. The first-order valence-electron chi connectivity index (χ1n) is 8.01. The van der Waals surface area contributed by atoms with Crippen LogP contribution in [0.5, 0.6) is 0 Å². The predicted octanol–water partition coefficient (Wildman–Crippen LogP) is 2.44. The molecule has 2 aliphatic rings. The number of likely N-dealkylation sites (tertiary alicyclic amines) is 1. The summed E-state index contributed by atoms with van der Waals surface area (Å²) < 4.78 is 0. The molecule has 21 heavy (non-hydrogen) atoms. The minimum absolute atomic E-state index is 0.0484. The quantitative estimate of drug-likeness (QED) is 0.928. The molecule has 0 aromatic carbocycles. The van der Waals surface area contributed by atoms with Gasteiger partial charge in [-0.25, -0.2) is 0 Å². The molecule has 0 radical (unpaired) electrons. The van der Waals surface area contributed by atoms with Crippen LogP contribution in [0.4, 0.5) is 0 Å². The van der Waals surface area contributed by atoms with Gasteiger partial charge in [0.1, 0.15) is 6.17 Å². The van der Waals surface area contributed by atoms with Gasteiger partial charge in [-0.05, 0) is 51.2 Å². The van der Waals surface area contributed by atoms with E-state index in [1.54, 1.807) is 11.3 Å². The lowest BCUT2D eigenvalue weighted by Crippen LogP contribution is -2.46. The number of nitrogens with one attached hydrogen (secondary N) is 1. The SMILES string of the molecule is CC1NC(c2cccs2)N(C(C)CN2CCCCC2)C1=O. The van der Waals surface area contributed by atoms with Gasteiger partial charge < -0.3 is 9.80 Å². The van der Waals surface area contributed by atoms with Crippen LogP contribution in [0.25, 0.3) is 0 Å². The second kappa shape index (κ2) is 6.46. The van der Waals surface area contributed by atoms with Crippen LogP contribution in [0.3, 0.4) is 0 Å². The second-order valence-electron chi connectivity index (χ2n) is 6.26. The largest absolute Gasteiger partial charge is 0.317 e. The molecule has 1 aromatic heterocycles. The summed E-state index contributed by atoms with van der Waals surface area (Å²) in [4.78, 5) is 18.3. The fraction of sp³-hybridized carbons (Fsp3) is 0.688. The molecule has 2 saturated heterocycles. The summed E-state index contributed by atoms with van der Waals surface area (Å²) in [5.74, 6) is 0.234. The molecule has 0 aliphatic carbocycles. The van der Waals surface area contributed by atoms with Crippen LogP contribution in [-0.2, 0) is 4.79 Å². The lowest BCUT2D eigenvalue weighted by atomic mass is 10.1. The first-order valence-corrected chi connectivity index (χ1v) is 8.89. The lowest BCUT2D eigenvalue weighted by molar-refractivity contribution is -0.132. The molecule has 3 atom stereocenters. The summed E-state index contributed by atoms with van der Waals surface area (Å²) in [6, 6.07) is 4.35. The number of hydrogen-bond donors (Lipinski definition) is 1. The van der Waals surface area contributed by atoms with Gasteiger partial charge in [-0.1, -0.05) is 12.5 Å². The van der Waals surface area contributed by atoms with Gasteiger partial charge in [-0.3, -0.25) is 10.1 Å². The third-order valence-electron chi connectivity index (χ3n) is 4.57. The van der Waals surface area contributed by atoms with Crippen LogP contribution in [0.15, 0.2) is 17.5 Å². The number of amides is 1. The van der Waals surface area contributed by atoms with Crippen LogP contribution in [0.2, 0.25) is 0 Å². The van der Waals surface area contributed by atoms with Crippen LogP contribution in [-0.4, -0.2) is 47.4 Å². The van der Waals surface area contributed by atoms with E-state index in [-0.39, 0.29) is 24.2 Å². The van der Waals surface area contributed by atoms with E-state index in [4.69, 9.17) is 0 Å². The van der Waals surface area contributed by atoms with Gasteiger partial charge >= 0.3 is 0 Å². The highest BCUT2D eigenvalue weighted by molar-refractivity contribution is 7.10. The summed E-state index contributed by atoms with van der Waals surface area (Å²) in [5.41, 5.74) is 0. The van der Waals surface area contributed by atoms with Crippen molar-refractivity contribution in [3.8, 4) is 0 Å². The molecule has 5 heteroatoms. The van der Waals surface area contributed by atoms with Crippen molar-refractivity contribution >= 4 is 17.2 Å². The van der Waals surface area contributed by atoms with Crippen molar-refractivity contribution in [1.29, 1.82) is 0 Å². The van der Waals surface area contributed by atoms with E-state index in [0.29, 0.717) is 0 Å². The number of hydrogen-bond acceptors (Lipinski definition) is 4. The molecule has 2 fully saturated rings. The summed E-state index contributed by atoms with van der Waals surface area (Å²) in [6.07, 6.45) is 3.99. The Hall–Kier alpha value is -0.910. The molecule has 1 N–H and O–H groups in total. The number of nitrogens with zero attached hydrogens (tertiary/aromatic N) is 2. The molecular weight excluding hydrogens is 282 g/mol. The molecule has 3 heterocycles. The Balaban J connectivity index is 1.72. The molecule has 0 bridgehead atoms. The second-order valence-corrected chi connectivity index (χ2v) is 7.24. The minimum atomic E-state index is -0.0825. The maximum absolute atomic E-state index is 12.5. The highest BCUT2D eigenvalue weighted by atomic mass is 32.1. The molecule has 2 aliphatic heterocycles. The van der Waals surface area contributed by atoms with Crippen molar-refractivity contribution in [2.24, 2.45) is 0 Å². The van der Waals surface area contributed by atoms with Gasteiger partial charge in [0.25, 0.3) is 0 Å². The average Bonchev–Trinajstić information content (AvgIpc) is 3.09. The van der Waals surface area contributed by atoms with E-state index in [1.807, 2.05) is 6.92 Å². The predicted molar refractivity (Wildman–Crippen MR) is 86.3 cm³/mol. The maximum atomic E-state index is 12.5. The zero-order chi connectivity index (χ0) is 14.8. The molecule has 0 spiro atoms. The summed E-state index contributed by atoms with van der Waals surface area (Å²) >= 11 is 1.72. The van der Waals surface area contributed by atoms with E-state index in [1.165, 1.54) is 37.2 Å². The van der Waals surface area contributed by atoms with Gasteiger partial charge in [-0.2, -0.15) is 0 Å². The van der Waals surface area contributed by atoms with Gasteiger partial charge in [0.05, 0.1) is 6.04 Å². The van der Waals surface area contributed by atoms with Crippen molar-refractivity contribution in [1.82, 2.24) is 15.1 Å². The maximum Gasteiger partial charge on any atom is 0.241 e. The van der Waals surface area contributed by atoms with Crippen LogP contribution in [0.1, 0.15) is 44.2 Å². The fourth-order valence-corrected chi connectivity index (χ4v) is 4.26. The molecule has 3 unspecified atom stereocenters. The molecule has 1 aromatic rings. The molecule has 3 rings (SSSR count). The highest BCUT2D eigenvalue weighted by Gasteiger charge is 2.40. The van der Waals surface area contributed by atoms with E-state index in [0.717, 1.165) is 6.54 Å². The molecule has 4 nitrogen and oxygen atoms in total. The van der Waals surface area contributed by atoms with Gasteiger partial charge in [0.15, 0.2) is 0 Å². The number of carbonyl (C=O) groups is 1. The molecule has 1 amide bonds. The minimum Gasteiger partial charge on any atom is -0.317 e. The Morgan fingerprint density at radius 3 is 2.81 bits per heavy atom. The zero-order valence-electron chi connectivity index (χ0n) is 12.9. The van der Waals surface area contributed by atoms with Crippen LogP contribution >= 0.6 is 11.3 Å². The topological polar surface area (TPSA) is 35.6 Å². The monoisotopic (exact) mass is 307 g/mol. The molecule has 116 valence electrons. The Morgan fingerprint density at radius 2 is 2.14 bits per heavy atom. The molecule has 0 saturated carbocycles. The van der Waals surface area contributed by atoms with E-state index < -0.39 is 0 Å². The fourth-order valence-electron chi connectivity index (χ4n) is 3.48. The molecular formula is C16H25N3OS. The zero-order valence-corrected chi connectivity index (χ0v) is 13.7. The smallest absolute Gasteiger partial charge is 0.241 e. The summed E-state index contributed by atoms with van der Waals surface area (Å²) in [5, 5.41) is 5.52. The van der Waals surface area contributed by atoms with Crippen molar-refractivity contribution in [2.75, 3.05) is 19.6 Å². The highest BCUT2D eigenvalue weighted by Crippen LogP contribution is 2.30. The lowest BCUT2D eigenvalue weighted by Gasteiger charge is -2.35. The van der Waals surface area contributed by atoms with E-state index in [9.17, 15) is 4.79 Å². The van der Waals surface area contributed by atoms with Crippen molar-refractivity contribution in [2.45, 2.75) is 51.4 Å². The number of thiophene rings is 1. The van der Waals surface area contributed by atoms with Gasteiger partial charge in [0.2, 0.25) is 5.91 Å². The van der Waals surface area contributed by atoms with Gasteiger partial charge in [-0.15, -0.1) is 11.3 Å². The van der Waals surface area contributed by atoms with Gasteiger partial charge in [0, 0.05) is 17.5 Å².